The van der Waals surface area contributed by atoms with Crippen molar-refractivity contribution in [2.24, 2.45) is 0 Å². The zero-order valence-corrected chi connectivity index (χ0v) is 9.80. The summed E-state index contributed by atoms with van der Waals surface area (Å²) in [5.41, 5.74) is 0.0409. The van der Waals surface area contributed by atoms with E-state index in [1.165, 1.54) is 0 Å². The Balaban J connectivity index is 2.74. The number of halogens is 1. The average Bonchev–Trinajstić information content (AvgIpc) is 2.18. The first kappa shape index (κ1) is 11.9. The van der Waals surface area contributed by atoms with Crippen LogP contribution in [0.1, 0.15) is 37.7 Å². The summed E-state index contributed by atoms with van der Waals surface area (Å²) in [6.45, 7) is 5.91. The van der Waals surface area contributed by atoms with Gasteiger partial charge in [0, 0.05) is 5.54 Å². The van der Waals surface area contributed by atoms with Gasteiger partial charge in [0.05, 0.1) is 0 Å². The third-order valence-electron chi connectivity index (χ3n) is 2.20. The van der Waals surface area contributed by atoms with Crippen molar-refractivity contribution in [3.63, 3.8) is 0 Å². The summed E-state index contributed by atoms with van der Waals surface area (Å²) in [6, 6.07) is 3.10. The third kappa shape index (κ3) is 3.47. The maximum Gasteiger partial charge on any atom is 0.272 e. The molecule has 1 heterocycles. The molecule has 0 aliphatic carbocycles. The zero-order valence-electron chi connectivity index (χ0n) is 9.04. The topological polar surface area (TPSA) is 54.9 Å². The number of hydrogen-bond donors (Lipinski definition) is 1. The first-order valence-electron chi connectivity index (χ1n) is 4.76. The second-order valence-electron chi connectivity index (χ2n) is 3.93. The molecule has 1 rings (SSSR count). The van der Waals surface area contributed by atoms with Crippen molar-refractivity contribution in [1.82, 2.24) is 15.5 Å². The summed E-state index contributed by atoms with van der Waals surface area (Å²) in [5, 5.41) is 10.4. The van der Waals surface area contributed by atoms with Crippen LogP contribution in [0.25, 0.3) is 0 Å². The van der Waals surface area contributed by atoms with E-state index in [0.29, 0.717) is 0 Å². The van der Waals surface area contributed by atoms with E-state index in [2.05, 4.69) is 15.5 Å². The number of rotatable bonds is 3. The Morgan fingerprint density at radius 3 is 2.60 bits per heavy atom. The number of amides is 1. The summed E-state index contributed by atoms with van der Waals surface area (Å²) in [4.78, 5) is 11.7. The number of carbonyl (C=O) groups is 1. The van der Waals surface area contributed by atoms with Gasteiger partial charge in [0.2, 0.25) is 0 Å². The van der Waals surface area contributed by atoms with E-state index >= 15 is 0 Å². The summed E-state index contributed by atoms with van der Waals surface area (Å²) < 4.78 is 0. The Hall–Kier alpha value is -1.16. The molecule has 0 saturated heterocycles. The van der Waals surface area contributed by atoms with Crippen LogP contribution in [-0.4, -0.2) is 21.6 Å². The van der Waals surface area contributed by atoms with Crippen LogP contribution in [0.15, 0.2) is 12.1 Å². The fourth-order valence-corrected chi connectivity index (χ4v) is 0.998. The van der Waals surface area contributed by atoms with Crippen LogP contribution in [0.3, 0.4) is 0 Å². The molecule has 5 heteroatoms. The molecule has 82 valence electrons. The highest BCUT2D eigenvalue weighted by Gasteiger charge is 2.19. The van der Waals surface area contributed by atoms with Gasteiger partial charge in [-0.05, 0) is 32.4 Å². The molecule has 15 heavy (non-hydrogen) atoms. The molecule has 0 aliphatic rings. The largest absolute Gasteiger partial charge is 0.346 e. The van der Waals surface area contributed by atoms with Gasteiger partial charge in [-0.15, -0.1) is 10.2 Å². The molecule has 0 fully saturated rings. The lowest BCUT2D eigenvalue weighted by atomic mass is 10.0. The van der Waals surface area contributed by atoms with Crippen molar-refractivity contribution in [1.29, 1.82) is 0 Å². The van der Waals surface area contributed by atoms with Gasteiger partial charge >= 0.3 is 0 Å². The predicted molar refractivity (Wildman–Crippen MR) is 58.9 cm³/mol. The molecule has 0 radical (unpaired) electrons. The highest BCUT2D eigenvalue weighted by molar-refractivity contribution is 6.29. The van der Waals surface area contributed by atoms with E-state index in [1.807, 2.05) is 20.8 Å². The van der Waals surface area contributed by atoms with Crippen molar-refractivity contribution in [3.8, 4) is 0 Å². The lowest BCUT2D eigenvalue weighted by Gasteiger charge is -2.23. The van der Waals surface area contributed by atoms with E-state index in [0.717, 1.165) is 6.42 Å². The van der Waals surface area contributed by atoms with Gasteiger partial charge in [-0.25, -0.2) is 0 Å². The van der Waals surface area contributed by atoms with Crippen molar-refractivity contribution >= 4 is 17.5 Å². The van der Waals surface area contributed by atoms with Crippen molar-refractivity contribution in [2.45, 2.75) is 32.7 Å². The number of nitrogens with one attached hydrogen (secondary N) is 1. The van der Waals surface area contributed by atoms with Gasteiger partial charge in [-0.1, -0.05) is 18.5 Å². The van der Waals surface area contributed by atoms with Crippen LogP contribution < -0.4 is 5.32 Å². The Kier molecular flexibility index (Phi) is 3.63. The lowest BCUT2D eigenvalue weighted by Crippen LogP contribution is -2.43. The standard InChI is InChI=1S/C10H14ClN3O/c1-4-10(2,3)12-9(15)7-5-6-8(11)14-13-7/h5-6H,4H2,1-3H3,(H,12,15). The predicted octanol–water partition coefficient (Wildman–Crippen LogP) is 2.05. The second kappa shape index (κ2) is 4.57. The number of carbonyl (C=O) groups excluding carboxylic acids is 1. The smallest absolute Gasteiger partial charge is 0.272 e. The van der Waals surface area contributed by atoms with Gasteiger partial charge in [-0.2, -0.15) is 0 Å². The van der Waals surface area contributed by atoms with Crippen LogP contribution in [0.2, 0.25) is 5.15 Å². The van der Waals surface area contributed by atoms with Crippen molar-refractivity contribution in [3.05, 3.63) is 23.0 Å². The monoisotopic (exact) mass is 227 g/mol. The molecule has 1 N–H and O–H groups in total. The molecular weight excluding hydrogens is 214 g/mol. The number of aromatic nitrogens is 2. The quantitative estimate of drug-likeness (QED) is 0.860. The zero-order chi connectivity index (χ0) is 11.5. The first-order valence-corrected chi connectivity index (χ1v) is 5.14. The van der Waals surface area contributed by atoms with E-state index in [-0.39, 0.29) is 22.3 Å². The van der Waals surface area contributed by atoms with Crippen LogP contribution >= 0.6 is 11.6 Å². The van der Waals surface area contributed by atoms with Gasteiger partial charge in [-0.3, -0.25) is 4.79 Å². The molecule has 1 aromatic heterocycles. The third-order valence-corrected chi connectivity index (χ3v) is 2.40. The van der Waals surface area contributed by atoms with E-state index in [4.69, 9.17) is 11.6 Å². The minimum absolute atomic E-state index is 0.231. The highest BCUT2D eigenvalue weighted by atomic mass is 35.5. The first-order chi connectivity index (χ1) is 6.94. The number of nitrogens with zero attached hydrogens (tertiary/aromatic N) is 2. The summed E-state index contributed by atoms with van der Waals surface area (Å²) >= 11 is 5.57. The second-order valence-corrected chi connectivity index (χ2v) is 4.32. The van der Waals surface area contributed by atoms with Crippen LogP contribution in [0, 0.1) is 0 Å². The van der Waals surface area contributed by atoms with Gasteiger partial charge in [0.15, 0.2) is 10.8 Å². The van der Waals surface area contributed by atoms with Crippen molar-refractivity contribution in [2.75, 3.05) is 0 Å². The van der Waals surface area contributed by atoms with Crippen LogP contribution in [0.5, 0.6) is 0 Å². The van der Waals surface area contributed by atoms with E-state index < -0.39 is 0 Å². The molecular formula is C10H14ClN3O. The maximum atomic E-state index is 11.7. The molecule has 0 atom stereocenters. The Bertz CT molecular complexity index is 348. The van der Waals surface area contributed by atoms with Gasteiger partial charge in [0.1, 0.15) is 0 Å². The maximum absolute atomic E-state index is 11.7. The molecule has 0 unspecified atom stereocenters. The average molecular weight is 228 g/mol. The Labute approximate surface area is 94.0 Å². The molecule has 0 spiro atoms. The minimum atomic E-state index is -0.238. The Morgan fingerprint density at radius 1 is 1.47 bits per heavy atom. The van der Waals surface area contributed by atoms with Gasteiger partial charge in [0.25, 0.3) is 5.91 Å². The van der Waals surface area contributed by atoms with Crippen molar-refractivity contribution < 1.29 is 4.79 Å². The minimum Gasteiger partial charge on any atom is -0.346 e. The summed E-state index contributed by atoms with van der Waals surface area (Å²) in [5.74, 6) is -0.231. The molecule has 1 amide bonds. The molecule has 0 bridgehead atoms. The fraction of sp³-hybridized carbons (Fsp3) is 0.500. The van der Waals surface area contributed by atoms with E-state index in [1.54, 1.807) is 12.1 Å². The molecule has 0 aromatic carbocycles. The van der Waals surface area contributed by atoms with Crippen LogP contribution in [0.4, 0.5) is 0 Å². The molecule has 0 aliphatic heterocycles. The fourth-order valence-electron chi connectivity index (χ4n) is 0.897. The van der Waals surface area contributed by atoms with E-state index in [9.17, 15) is 4.79 Å². The summed E-state index contributed by atoms with van der Waals surface area (Å²) in [6.07, 6.45) is 0.847. The summed E-state index contributed by atoms with van der Waals surface area (Å²) in [7, 11) is 0. The lowest BCUT2D eigenvalue weighted by molar-refractivity contribution is 0.0905. The molecule has 0 saturated carbocycles. The number of hydrogen-bond acceptors (Lipinski definition) is 3. The van der Waals surface area contributed by atoms with Crippen LogP contribution in [-0.2, 0) is 0 Å². The molecule has 4 nitrogen and oxygen atoms in total. The highest BCUT2D eigenvalue weighted by Crippen LogP contribution is 2.09. The SMILES string of the molecule is CCC(C)(C)NC(=O)c1ccc(Cl)nn1. The Morgan fingerprint density at radius 2 is 2.13 bits per heavy atom. The van der Waals surface area contributed by atoms with Gasteiger partial charge < -0.3 is 5.32 Å². The molecule has 1 aromatic rings. The normalized spacial score (nSPS) is 11.2.